The predicted molar refractivity (Wildman–Crippen MR) is 92.9 cm³/mol. The number of anilines is 1. The quantitative estimate of drug-likeness (QED) is 0.753. The number of hydrogen-bond donors (Lipinski definition) is 1. The molecule has 118 valence electrons. The van der Waals surface area contributed by atoms with Crippen molar-refractivity contribution >= 4 is 21.6 Å². The summed E-state index contributed by atoms with van der Waals surface area (Å²) >= 11 is 3.72. The summed E-state index contributed by atoms with van der Waals surface area (Å²) in [5.41, 5.74) is 2.65. The molecule has 3 nitrogen and oxygen atoms in total. The minimum absolute atomic E-state index is 0.683. The van der Waals surface area contributed by atoms with Crippen LogP contribution in [0.1, 0.15) is 32.3 Å². The van der Waals surface area contributed by atoms with Crippen molar-refractivity contribution in [2.45, 2.75) is 39.3 Å². The minimum atomic E-state index is 0.683. The first-order chi connectivity index (χ1) is 10.1. The molecule has 0 saturated carbocycles. The molecule has 0 spiro atoms. The summed E-state index contributed by atoms with van der Waals surface area (Å²) in [6, 6.07) is 7.45. The molecule has 1 aliphatic heterocycles. The van der Waals surface area contributed by atoms with Gasteiger partial charge in [0.15, 0.2) is 0 Å². The molecule has 1 heterocycles. The third-order valence-electron chi connectivity index (χ3n) is 4.24. The number of nitrogens with zero attached hydrogens (tertiary/aromatic N) is 1. The molecular formula is C17H27BrN2O. The van der Waals surface area contributed by atoms with Crippen LogP contribution in [0, 0.1) is 5.92 Å². The third kappa shape index (κ3) is 4.44. The van der Waals surface area contributed by atoms with E-state index >= 15 is 0 Å². The van der Waals surface area contributed by atoms with Crippen LogP contribution < -0.4 is 10.2 Å². The molecule has 4 heteroatoms. The summed E-state index contributed by atoms with van der Waals surface area (Å²) < 4.78 is 6.24. The number of methoxy groups -OCH3 is 1. The Morgan fingerprint density at radius 3 is 2.90 bits per heavy atom. The topological polar surface area (TPSA) is 24.5 Å². The predicted octanol–water partition coefficient (Wildman–Crippen LogP) is 3.81. The Bertz CT molecular complexity index is 450. The van der Waals surface area contributed by atoms with E-state index in [2.05, 4.69) is 58.2 Å². The van der Waals surface area contributed by atoms with Gasteiger partial charge < -0.3 is 15.0 Å². The van der Waals surface area contributed by atoms with E-state index in [0.29, 0.717) is 12.0 Å². The molecule has 1 unspecified atom stereocenters. The van der Waals surface area contributed by atoms with E-state index in [9.17, 15) is 0 Å². The molecule has 1 aromatic rings. The van der Waals surface area contributed by atoms with Crippen molar-refractivity contribution < 1.29 is 4.74 Å². The Morgan fingerprint density at radius 1 is 1.43 bits per heavy atom. The fourth-order valence-corrected chi connectivity index (χ4v) is 3.57. The Labute approximate surface area is 137 Å². The van der Waals surface area contributed by atoms with Gasteiger partial charge in [0.25, 0.3) is 0 Å². The summed E-state index contributed by atoms with van der Waals surface area (Å²) in [5.74, 6) is 0.710. The zero-order valence-electron chi connectivity index (χ0n) is 13.4. The number of hydrogen-bond acceptors (Lipinski definition) is 3. The molecule has 1 N–H and O–H groups in total. The van der Waals surface area contributed by atoms with Gasteiger partial charge in [-0.3, -0.25) is 0 Å². The minimum Gasteiger partial charge on any atom is -0.383 e. The smallest absolute Gasteiger partial charge is 0.0587 e. The summed E-state index contributed by atoms with van der Waals surface area (Å²) in [5, 5.41) is 3.39. The fraction of sp³-hybridized carbons (Fsp3) is 0.647. The first-order valence-corrected chi connectivity index (χ1v) is 8.67. The molecule has 21 heavy (non-hydrogen) atoms. The van der Waals surface area contributed by atoms with Gasteiger partial charge in [0, 0.05) is 42.9 Å². The Morgan fingerprint density at radius 2 is 2.24 bits per heavy atom. The van der Waals surface area contributed by atoms with E-state index in [4.69, 9.17) is 4.74 Å². The van der Waals surface area contributed by atoms with Crippen LogP contribution in [0.25, 0.3) is 0 Å². The Hall–Kier alpha value is -0.580. The van der Waals surface area contributed by atoms with Crippen LogP contribution in [-0.4, -0.2) is 32.8 Å². The van der Waals surface area contributed by atoms with E-state index in [1.54, 1.807) is 7.11 Å². The van der Waals surface area contributed by atoms with Gasteiger partial charge in [-0.25, -0.2) is 0 Å². The molecule has 0 bridgehead atoms. The molecule has 1 aromatic carbocycles. The number of rotatable bonds is 7. The zero-order valence-corrected chi connectivity index (χ0v) is 14.9. The lowest BCUT2D eigenvalue weighted by atomic mass is 10.0. The highest BCUT2D eigenvalue weighted by Gasteiger charge is 2.27. The average molecular weight is 355 g/mol. The van der Waals surface area contributed by atoms with Crippen molar-refractivity contribution in [1.82, 2.24) is 5.32 Å². The van der Waals surface area contributed by atoms with E-state index < -0.39 is 0 Å². The molecule has 2 rings (SSSR count). The van der Waals surface area contributed by atoms with Gasteiger partial charge in [-0.15, -0.1) is 0 Å². The number of nitrogens with one attached hydrogen (secondary N) is 1. The highest BCUT2D eigenvalue weighted by atomic mass is 79.9. The molecule has 0 aromatic heterocycles. The summed E-state index contributed by atoms with van der Waals surface area (Å²) in [6.45, 7) is 8.34. The molecule has 1 atom stereocenters. The second-order valence-electron chi connectivity index (χ2n) is 6.09. The lowest BCUT2D eigenvalue weighted by Gasteiger charge is -2.30. The molecule has 0 radical (unpaired) electrons. The average Bonchev–Trinajstić information content (AvgIpc) is 2.94. The SMILES string of the molecule is COCCNCc1ccc(N2CCCC2C(C)C)cc1Br. The maximum absolute atomic E-state index is 5.05. The van der Waals surface area contributed by atoms with E-state index in [1.807, 2.05) is 0 Å². The molecule has 1 saturated heterocycles. The highest BCUT2D eigenvalue weighted by Crippen LogP contribution is 2.32. The lowest BCUT2D eigenvalue weighted by Crippen LogP contribution is -2.33. The number of benzene rings is 1. The van der Waals surface area contributed by atoms with E-state index in [1.165, 1.54) is 35.1 Å². The van der Waals surface area contributed by atoms with Gasteiger partial charge >= 0.3 is 0 Å². The van der Waals surface area contributed by atoms with Crippen molar-refractivity contribution in [3.05, 3.63) is 28.2 Å². The fourth-order valence-electron chi connectivity index (χ4n) is 3.06. The first kappa shape index (κ1) is 16.8. The van der Waals surface area contributed by atoms with Gasteiger partial charge in [-0.05, 0) is 36.5 Å². The van der Waals surface area contributed by atoms with E-state index in [0.717, 1.165) is 19.7 Å². The van der Waals surface area contributed by atoms with Crippen molar-refractivity contribution in [3.8, 4) is 0 Å². The van der Waals surface area contributed by atoms with Crippen molar-refractivity contribution in [2.24, 2.45) is 5.92 Å². The maximum Gasteiger partial charge on any atom is 0.0587 e. The summed E-state index contributed by atoms with van der Waals surface area (Å²) in [6.07, 6.45) is 2.62. The zero-order chi connectivity index (χ0) is 15.2. The van der Waals surface area contributed by atoms with Crippen LogP contribution in [0.5, 0.6) is 0 Å². The van der Waals surface area contributed by atoms with Crippen LogP contribution in [0.2, 0.25) is 0 Å². The van der Waals surface area contributed by atoms with Gasteiger partial charge in [-0.1, -0.05) is 35.8 Å². The lowest BCUT2D eigenvalue weighted by molar-refractivity contribution is 0.199. The van der Waals surface area contributed by atoms with Crippen molar-refractivity contribution in [1.29, 1.82) is 0 Å². The van der Waals surface area contributed by atoms with Gasteiger partial charge in [0.1, 0.15) is 0 Å². The number of halogens is 1. The second-order valence-corrected chi connectivity index (χ2v) is 6.95. The summed E-state index contributed by atoms with van der Waals surface area (Å²) in [7, 11) is 1.73. The van der Waals surface area contributed by atoms with Gasteiger partial charge in [0.05, 0.1) is 6.61 Å². The summed E-state index contributed by atoms with van der Waals surface area (Å²) in [4.78, 5) is 2.57. The molecule has 0 amide bonds. The molecule has 0 aliphatic carbocycles. The van der Waals surface area contributed by atoms with Crippen molar-refractivity contribution in [2.75, 3.05) is 31.7 Å². The van der Waals surface area contributed by atoms with Gasteiger partial charge in [-0.2, -0.15) is 0 Å². The Kier molecular flexibility index (Phi) is 6.52. The highest BCUT2D eigenvalue weighted by molar-refractivity contribution is 9.10. The third-order valence-corrected chi connectivity index (χ3v) is 4.97. The Balaban J connectivity index is 2.01. The second kappa shape index (κ2) is 8.16. The van der Waals surface area contributed by atoms with Crippen LogP contribution in [0.3, 0.4) is 0 Å². The molecule has 1 aliphatic rings. The molecule has 1 fully saturated rings. The van der Waals surface area contributed by atoms with Gasteiger partial charge in [0.2, 0.25) is 0 Å². The normalized spacial score (nSPS) is 18.7. The maximum atomic E-state index is 5.05. The number of ether oxygens (including phenoxy) is 1. The van der Waals surface area contributed by atoms with Crippen LogP contribution in [-0.2, 0) is 11.3 Å². The first-order valence-electron chi connectivity index (χ1n) is 7.88. The largest absolute Gasteiger partial charge is 0.383 e. The molecular weight excluding hydrogens is 328 g/mol. The van der Waals surface area contributed by atoms with Crippen LogP contribution in [0.4, 0.5) is 5.69 Å². The van der Waals surface area contributed by atoms with Crippen LogP contribution >= 0.6 is 15.9 Å². The van der Waals surface area contributed by atoms with Crippen LogP contribution in [0.15, 0.2) is 22.7 Å². The van der Waals surface area contributed by atoms with E-state index in [-0.39, 0.29) is 0 Å². The monoisotopic (exact) mass is 354 g/mol. The van der Waals surface area contributed by atoms with Crippen molar-refractivity contribution in [3.63, 3.8) is 0 Å². The standard InChI is InChI=1S/C17H27BrN2O/c1-13(2)17-5-4-9-20(17)15-7-6-14(16(18)11-15)12-19-8-10-21-3/h6-7,11,13,17,19H,4-5,8-10,12H2,1-3H3.